The summed E-state index contributed by atoms with van der Waals surface area (Å²) in [6, 6.07) is 0.0543. The number of amides is 2. The molecule has 2 amide bonds. The average molecular weight is 431 g/mol. The van der Waals surface area contributed by atoms with Crippen LogP contribution in [0.5, 0.6) is 0 Å². The number of fused-ring (bicyclic) bond motifs is 1. The molecule has 5 rings (SSSR count). The Kier molecular flexibility index (Phi) is 6.31. The summed E-state index contributed by atoms with van der Waals surface area (Å²) in [5, 5.41) is 3.39. The standard InChI is InChI=1S/C25H42N4O2/c1-27(16-19-6-3-2-4-7-19)21-14-22-24(31)26-25(15-23(30)29(22)18-21)10-12-28(13-11-25)17-20-8-5-9-20/h19-22H,2-18H2,1H3,(H,26,31)/t21-,22-/m0/s1. The largest absolute Gasteiger partial charge is 0.348 e. The van der Waals surface area contributed by atoms with Crippen LogP contribution in [0.4, 0.5) is 0 Å². The summed E-state index contributed by atoms with van der Waals surface area (Å²) in [6.07, 6.45) is 14.1. The van der Waals surface area contributed by atoms with Crippen LogP contribution in [0.25, 0.3) is 0 Å². The molecule has 3 saturated heterocycles. The zero-order valence-corrected chi connectivity index (χ0v) is 19.5. The molecule has 6 nitrogen and oxygen atoms in total. The van der Waals surface area contributed by atoms with Crippen LogP contribution in [0.3, 0.4) is 0 Å². The van der Waals surface area contributed by atoms with Crippen LogP contribution >= 0.6 is 0 Å². The van der Waals surface area contributed by atoms with Gasteiger partial charge in [0.15, 0.2) is 0 Å². The third-order valence-corrected chi connectivity index (χ3v) is 9.23. The highest BCUT2D eigenvalue weighted by atomic mass is 16.2. The summed E-state index contributed by atoms with van der Waals surface area (Å²) in [5.41, 5.74) is -0.307. The van der Waals surface area contributed by atoms with Crippen molar-refractivity contribution in [2.24, 2.45) is 11.8 Å². The van der Waals surface area contributed by atoms with Gasteiger partial charge in [-0.2, -0.15) is 0 Å². The number of likely N-dealkylation sites (N-methyl/N-ethyl adjacent to an activating group) is 1. The minimum Gasteiger partial charge on any atom is -0.348 e. The first-order valence-electron chi connectivity index (χ1n) is 13.1. The van der Waals surface area contributed by atoms with Crippen LogP contribution < -0.4 is 5.32 Å². The first-order chi connectivity index (χ1) is 15.0. The van der Waals surface area contributed by atoms with Crippen molar-refractivity contribution in [1.29, 1.82) is 0 Å². The minimum absolute atomic E-state index is 0.104. The molecule has 0 bridgehead atoms. The maximum Gasteiger partial charge on any atom is 0.243 e. The Hall–Kier alpha value is -1.14. The summed E-state index contributed by atoms with van der Waals surface area (Å²) in [6.45, 7) is 5.08. The van der Waals surface area contributed by atoms with Gasteiger partial charge in [-0.15, -0.1) is 0 Å². The van der Waals surface area contributed by atoms with Crippen molar-refractivity contribution in [3.8, 4) is 0 Å². The minimum atomic E-state index is -0.307. The van der Waals surface area contributed by atoms with E-state index in [2.05, 4.69) is 22.2 Å². The fourth-order valence-corrected chi connectivity index (χ4v) is 6.87. The van der Waals surface area contributed by atoms with Crippen molar-refractivity contribution in [3.05, 3.63) is 0 Å². The van der Waals surface area contributed by atoms with Gasteiger partial charge in [0.05, 0.1) is 12.0 Å². The van der Waals surface area contributed by atoms with Gasteiger partial charge in [-0.05, 0) is 63.8 Å². The molecule has 174 valence electrons. The molecular weight excluding hydrogens is 388 g/mol. The highest BCUT2D eigenvalue weighted by Crippen LogP contribution is 2.35. The highest BCUT2D eigenvalue weighted by molar-refractivity contribution is 5.92. The van der Waals surface area contributed by atoms with E-state index in [1.165, 1.54) is 57.9 Å². The van der Waals surface area contributed by atoms with Crippen molar-refractivity contribution >= 4 is 11.8 Å². The Morgan fingerprint density at radius 3 is 2.39 bits per heavy atom. The topological polar surface area (TPSA) is 55.9 Å². The Morgan fingerprint density at radius 1 is 1.00 bits per heavy atom. The van der Waals surface area contributed by atoms with E-state index in [1.54, 1.807) is 0 Å². The zero-order valence-electron chi connectivity index (χ0n) is 19.5. The molecule has 0 aromatic rings. The Morgan fingerprint density at radius 2 is 1.71 bits per heavy atom. The Balaban J connectivity index is 1.17. The van der Waals surface area contributed by atoms with Crippen LogP contribution in [0.1, 0.15) is 77.0 Å². The molecule has 5 fully saturated rings. The molecule has 6 heteroatoms. The van der Waals surface area contributed by atoms with Crippen LogP contribution in [-0.4, -0.2) is 83.9 Å². The molecule has 2 atom stereocenters. The van der Waals surface area contributed by atoms with Gasteiger partial charge in [0.25, 0.3) is 0 Å². The number of rotatable bonds is 5. The lowest BCUT2D eigenvalue weighted by atomic mass is 9.81. The lowest BCUT2D eigenvalue weighted by Crippen LogP contribution is -2.57. The van der Waals surface area contributed by atoms with Gasteiger partial charge in [0, 0.05) is 38.8 Å². The number of hydrogen-bond acceptors (Lipinski definition) is 4. The van der Waals surface area contributed by atoms with E-state index >= 15 is 0 Å². The molecular formula is C25H42N4O2. The zero-order chi connectivity index (χ0) is 21.4. The van der Waals surface area contributed by atoms with E-state index in [0.717, 1.165) is 57.3 Å². The number of carbonyl (C=O) groups excluding carboxylic acids is 2. The van der Waals surface area contributed by atoms with Gasteiger partial charge in [-0.25, -0.2) is 0 Å². The van der Waals surface area contributed by atoms with E-state index in [0.29, 0.717) is 12.5 Å². The van der Waals surface area contributed by atoms with Crippen LogP contribution in [0.2, 0.25) is 0 Å². The number of nitrogens with zero attached hydrogens (tertiary/aromatic N) is 3. The summed E-state index contributed by atoms with van der Waals surface area (Å²) in [7, 11) is 2.20. The van der Waals surface area contributed by atoms with Gasteiger partial charge in [-0.1, -0.05) is 25.7 Å². The normalized spacial score (nSPS) is 32.8. The first-order valence-corrected chi connectivity index (χ1v) is 13.1. The molecule has 0 unspecified atom stereocenters. The third-order valence-electron chi connectivity index (χ3n) is 9.23. The smallest absolute Gasteiger partial charge is 0.243 e. The Bertz CT molecular complexity index is 636. The molecule has 5 aliphatic rings. The van der Waals surface area contributed by atoms with Crippen molar-refractivity contribution in [3.63, 3.8) is 0 Å². The van der Waals surface area contributed by atoms with Crippen LogP contribution in [-0.2, 0) is 9.59 Å². The fourth-order valence-electron chi connectivity index (χ4n) is 6.87. The van der Waals surface area contributed by atoms with E-state index in [-0.39, 0.29) is 23.4 Å². The molecule has 2 aliphatic carbocycles. The third kappa shape index (κ3) is 4.66. The monoisotopic (exact) mass is 430 g/mol. The predicted octanol–water partition coefficient (Wildman–Crippen LogP) is 2.62. The Labute approximate surface area is 188 Å². The van der Waals surface area contributed by atoms with Crippen molar-refractivity contribution in [2.75, 3.05) is 39.8 Å². The number of piperidine rings is 1. The molecule has 0 radical (unpaired) electrons. The van der Waals surface area contributed by atoms with Gasteiger partial charge in [-0.3, -0.25) is 9.59 Å². The summed E-state index contributed by atoms with van der Waals surface area (Å²) < 4.78 is 0. The summed E-state index contributed by atoms with van der Waals surface area (Å²) in [4.78, 5) is 33.5. The molecule has 31 heavy (non-hydrogen) atoms. The molecule has 1 N–H and O–H groups in total. The predicted molar refractivity (Wildman–Crippen MR) is 122 cm³/mol. The second kappa shape index (κ2) is 9.01. The number of hydrogen-bond donors (Lipinski definition) is 1. The SMILES string of the molecule is CN(CC1CCCCC1)[C@H]1C[C@H]2C(=O)NC3(CCN(CC4CCC4)CC3)CC(=O)N2C1. The lowest BCUT2D eigenvalue weighted by Gasteiger charge is -2.43. The van der Waals surface area contributed by atoms with Gasteiger partial charge in [0.2, 0.25) is 11.8 Å². The van der Waals surface area contributed by atoms with Crippen molar-refractivity contribution < 1.29 is 9.59 Å². The quantitative estimate of drug-likeness (QED) is 0.729. The second-order valence-corrected chi connectivity index (χ2v) is 11.4. The first kappa shape index (κ1) is 21.7. The van der Waals surface area contributed by atoms with E-state index in [9.17, 15) is 9.59 Å². The summed E-state index contributed by atoms with van der Waals surface area (Å²) >= 11 is 0. The molecule has 3 heterocycles. The maximum absolute atomic E-state index is 13.3. The average Bonchev–Trinajstić information content (AvgIpc) is 3.16. The molecule has 0 aromatic heterocycles. The number of carbonyl (C=O) groups is 2. The highest BCUT2D eigenvalue weighted by Gasteiger charge is 2.49. The van der Waals surface area contributed by atoms with Gasteiger partial charge in [0.1, 0.15) is 6.04 Å². The van der Waals surface area contributed by atoms with E-state index < -0.39 is 0 Å². The van der Waals surface area contributed by atoms with Crippen LogP contribution in [0, 0.1) is 11.8 Å². The van der Waals surface area contributed by atoms with Gasteiger partial charge >= 0.3 is 0 Å². The number of nitrogens with one attached hydrogen (secondary N) is 1. The molecule has 3 aliphatic heterocycles. The van der Waals surface area contributed by atoms with E-state index in [4.69, 9.17) is 0 Å². The maximum atomic E-state index is 13.3. The van der Waals surface area contributed by atoms with Crippen molar-refractivity contribution in [2.45, 2.75) is 94.7 Å². The molecule has 1 spiro atoms. The molecule has 2 saturated carbocycles. The number of likely N-dealkylation sites (tertiary alicyclic amines) is 1. The van der Waals surface area contributed by atoms with E-state index in [1.807, 2.05) is 4.90 Å². The van der Waals surface area contributed by atoms with Crippen molar-refractivity contribution in [1.82, 2.24) is 20.0 Å². The lowest BCUT2D eigenvalue weighted by molar-refractivity contribution is -0.135. The second-order valence-electron chi connectivity index (χ2n) is 11.4. The van der Waals surface area contributed by atoms with Crippen LogP contribution in [0.15, 0.2) is 0 Å². The molecule has 0 aromatic carbocycles. The summed E-state index contributed by atoms with van der Waals surface area (Å²) in [5.74, 6) is 1.97. The van der Waals surface area contributed by atoms with Gasteiger partial charge < -0.3 is 20.0 Å². The fraction of sp³-hybridized carbons (Fsp3) is 0.920.